The maximum Gasteiger partial charge on any atom is 0.0893 e. The molecule has 1 radical (unpaired) electrons. The Balaban J connectivity index is 2.42. The van der Waals surface area contributed by atoms with Crippen LogP contribution in [0.4, 0.5) is 0 Å². The predicted molar refractivity (Wildman–Crippen MR) is 53.2 cm³/mol. The summed E-state index contributed by atoms with van der Waals surface area (Å²) in [6.45, 7) is 2.08. The number of hydrogen-bond acceptors (Lipinski definition) is 1. The average Bonchev–Trinajstić information content (AvgIpc) is 2.20. The van der Waals surface area contributed by atoms with Gasteiger partial charge in [-0.1, -0.05) is 35.9 Å². The number of hydrogen-bond donors (Lipinski definition) is 0. The largest absolute Gasteiger partial charge is 0.246 e. The first-order chi connectivity index (χ1) is 6.36. The van der Waals surface area contributed by atoms with E-state index in [0.29, 0.717) is 0 Å². The van der Waals surface area contributed by atoms with Gasteiger partial charge in [-0.3, -0.25) is 0 Å². The van der Waals surface area contributed by atoms with Gasteiger partial charge < -0.3 is 0 Å². The van der Waals surface area contributed by atoms with E-state index in [0.717, 1.165) is 11.3 Å². The van der Waals surface area contributed by atoms with E-state index in [4.69, 9.17) is 0 Å². The number of aromatic nitrogens is 1. The van der Waals surface area contributed by atoms with Crippen LogP contribution in [0.15, 0.2) is 42.5 Å². The molecule has 0 aliphatic heterocycles. The molecule has 0 atom stereocenters. The van der Waals surface area contributed by atoms with Crippen LogP contribution >= 0.6 is 0 Å². The van der Waals surface area contributed by atoms with Gasteiger partial charge in [0.2, 0.25) is 0 Å². The Hall–Kier alpha value is -1.63. The fraction of sp³-hybridized carbons (Fsp3) is 0.0833. The van der Waals surface area contributed by atoms with Gasteiger partial charge in [-0.05, 0) is 19.1 Å². The Morgan fingerprint density at radius 3 is 2.46 bits per heavy atom. The summed E-state index contributed by atoms with van der Waals surface area (Å²) in [5.74, 6) is 0. The SMILES string of the molecule is Cc1ccc(-c2ccc[c]n2)cc1. The first-order valence-corrected chi connectivity index (χ1v) is 4.26. The fourth-order valence-electron chi connectivity index (χ4n) is 1.21. The highest BCUT2D eigenvalue weighted by atomic mass is 14.7. The van der Waals surface area contributed by atoms with Crippen LogP contribution in [0.3, 0.4) is 0 Å². The van der Waals surface area contributed by atoms with Gasteiger partial charge >= 0.3 is 0 Å². The van der Waals surface area contributed by atoms with E-state index in [1.807, 2.05) is 12.1 Å². The molecular weight excluding hydrogens is 158 g/mol. The van der Waals surface area contributed by atoms with E-state index in [2.05, 4.69) is 42.4 Å². The van der Waals surface area contributed by atoms with Crippen LogP contribution in [0.5, 0.6) is 0 Å². The minimum Gasteiger partial charge on any atom is -0.246 e. The Labute approximate surface area is 78.1 Å². The van der Waals surface area contributed by atoms with Gasteiger partial charge in [0.1, 0.15) is 0 Å². The molecule has 2 rings (SSSR count). The second-order valence-electron chi connectivity index (χ2n) is 3.02. The molecule has 1 aromatic heterocycles. The van der Waals surface area contributed by atoms with E-state index in [1.165, 1.54) is 5.56 Å². The first-order valence-electron chi connectivity index (χ1n) is 4.26. The van der Waals surface area contributed by atoms with Gasteiger partial charge in [0.15, 0.2) is 0 Å². The number of aryl methyl sites for hydroxylation is 1. The Morgan fingerprint density at radius 2 is 1.85 bits per heavy atom. The topological polar surface area (TPSA) is 12.9 Å². The van der Waals surface area contributed by atoms with Gasteiger partial charge in [0.25, 0.3) is 0 Å². The Kier molecular flexibility index (Phi) is 2.09. The van der Waals surface area contributed by atoms with Crippen molar-refractivity contribution in [2.75, 3.05) is 0 Å². The second-order valence-corrected chi connectivity index (χ2v) is 3.02. The molecule has 13 heavy (non-hydrogen) atoms. The summed E-state index contributed by atoms with van der Waals surface area (Å²) < 4.78 is 0. The highest BCUT2D eigenvalue weighted by Crippen LogP contribution is 2.15. The van der Waals surface area contributed by atoms with Crippen molar-refractivity contribution in [1.82, 2.24) is 4.98 Å². The molecule has 0 bridgehead atoms. The highest BCUT2D eigenvalue weighted by molar-refractivity contribution is 5.58. The molecule has 2 aromatic rings. The third-order valence-electron chi connectivity index (χ3n) is 1.96. The zero-order chi connectivity index (χ0) is 9.10. The molecule has 1 aromatic carbocycles. The van der Waals surface area contributed by atoms with Crippen LogP contribution in [-0.4, -0.2) is 4.98 Å². The van der Waals surface area contributed by atoms with Crippen molar-refractivity contribution in [3.05, 3.63) is 54.2 Å². The van der Waals surface area contributed by atoms with Gasteiger partial charge in [-0.25, -0.2) is 4.98 Å². The Bertz CT molecular complexity index is 376. The Morgan fingerprint density at radius 1 is 1.08 bits per heavy atom. The normalized spacial score (nSPS) is 9.92. The van der Waals surface area contributed by atoms with E-state index >= 15 is 0 Å². The molecule has 0 spiro atoms. The van der Waals surface area contributed by atoms with Crippen LogP contribution < -0.4 is 0 Å². The monoisotopic (exact) mass is 168 g/mol. The van der Waals surface area contributed by atoms with Crippen LogP contribution in [0.25, 0.3) is 11.3 Å². The summed E-state index contributed by atoms with van der Waals surface area (Å²) in [7, 11) is 0. The number of pyridine rings is 1. The van der Waals surface area contributed by atoms with Gasteiger partial charge in [0, 0.05) is 5.56 Å². The predicted octanol–water partition coefficient (Wildman–Crippen LogP) is 2.86. The zero-order valence-electron chi connectivity index (χ0n) is 7.49. The molecule has 0 aliphatic carbocycles. The molecule has 0 fully saturated rings. The average molecular weight is 168 g/mol. The van der Waals surface area contributed by atoms with Crippen LogP contribution in [-0.2, 0) is 0 Å². The summed E-state index contributed by atoms with van der Waals surface area (Å²) in [6.07, 6.45) is 2.82. The summed E-state index contributed by atoms with van der Waals surface area (Å²) >= 11 is 0. The van der Waals surface area contributed by atoms with Crippen molar-refractivity contribution in [1.29, 1.82) is 0 Å². The van der Waals surface area contributed by atoms with Crippen LogP contribution in [0.2, 0.25) is 0 Å². The van der Waals surface area contributed by atoms with E-state index in [-0.39, 0.29) is 0 Å². The first kappa shape index (κ1) is 7.99. The van der Waals surface area contributed by atoms with E-state index < -0.39 is 0 Å². The van der Waals surface area contributed by atoms with Crippen molar-refractivity contribution in [3.8, 4) is 11.3 Å². The van der Waals surface area contributed by atoms with E-state index in [1.54, 1.807) is 6.07 Å². The van der Waals surface area contributed by atoms with Gasteiger partial charge in [0.05, 0.1) is 11.9 Å². The molecular formula is C12H10N. The third-order valence-corrected chi connectivity index (χ3v) is 1.96. The highest BCUT2D eigenvalue weighted by Gasteiger charge is 1.95. The number of rotatable bonds is 1. The van der Waals surface area contributed by atoms with Crippen LogP contribution in [0, 0.1) is 13.1 Å². The molecule has 0 unspecified atom stereocenters. The second kappa shape index (κ2) is 3.40. The zero-order valence-corrected chi connectivity index (χ0v) is 7.49. The number of benzene rings is 1. The molecule has 0 saturated heterocycles. The lowest BCUT2D eigenvalue weighted by Gasteiger charge is -1.99. The lowest BCUT2D eigenvalue weighted by atomic mass is 10.1. The maximum absolute atomic E-state index is 4.15. The molecule has 1 nitrogen and oxygen atoms in total. The lowest BCUT2D eigenvalue weighted by Crippen LogP contribution is -1.81. The summed E-state index contributed by atoms with van der Waals surface area (Å²) in [5, 5.41) is 0. The van der Waals surface area contributed by atoms with E-state index in [9.17, 15) is 0 Å². The fourth-order valence-corrected chi connectivity index (χ4v) is 1.21. The third kappa shape index (κ3) is 1.75. The lowest BCUT2D eigenvalue weighted by molar-refractivity contribution is 1.31. The maximum atomic E-state index is 4.15. The molecule has 0 amide bonds. The van der Waals surface area contributed by atoms with Crippen molar-refractivity contribution < 1.29 is 0 Å². The van der Waals surface area contributed by atoms with Crippen molar-refractivity contribution in [3.63, 3.8) is 0 Å². The molecule has 63 valence electrons. The molecule has 1 heteroatoms. The van der Waals surface area contributed by atoms with Crippen LogP contribution in [0.1, 0.15) is 5.56 Å². The molecule has 1 heterocycles. The van der Waals surface area contributed by atoms with Crippen molar-refractivity contribution >= 4 is 0 Å². The smallest absolute Gasteiger partial charge is 0.0893 e. The molecule has 0 saturated carbocycles. The van der Waals surface area contributed by atoms with Crippen molar-refractivity contribution in [2.45, 2.75) is 6.92 Å². The van der Waals surface area contributed by atoms with Gasteiger partial charge in [-0.2, -0.15) is 0 Å². The minimum absolute atomic E-state index is 0.975. The summed E-state index contributed by atoms with van der Waals surface area (Å²) in [6, 6.07) is 14.1. The summed E-state index contributed by atoms with van der Waals surface area (Å²) in [4.78, 5) is 4.15. The standard InChI is InChI=1S/C12H10N/c1-10-5-7-11(8-6-10)12-4-2-3-9-13-12/h2-8H,1H3. The minimum atomic E-state index is 0.975. The van der Waals surface area contributed by atoms with Crippen molar-refractivity contribution in [2.24, 2.45) is 0 Å². The molecule has 0 N–H and O–H groups in total. The number of nitrogens with zero attached hydrogens (tertiary/aromatic N) is 1. The van der Waals surface area contributed by atoms with Gasteiger partial charge in [-0.15, -0.1) is 0 Å². The quantitative estimate of drug-likeness (QED) is 0.638. The molecule has 0 aliphatic rings. The summed E-state index contributed by atoms with van der Waals surface area (Å²) in [5.41, 5.74) is 3.38.